The monoisotopic (exact) mass is 359 g/mol. The predicted octanol–water partition coefficient (Wildman–Crippen LogP) is 3.51. The second-order valence-corrected chi connectivity index (χ2v) is 5.47. The highest BCUT2D eigenvalue weighted by atomic mass is 32.1. The van der Waals surface area contributed by atoms with Gasteiger partial charge in [-0.3, -0.25) is 20.2 Å². The van der Waals surface area contributed by atoms with Gasteiger partial charge in [0.1, 0.15) is 5.75 Å². The maximum absolute atomic E-state index is 12.4. The number of nitro benzene ring substituents is 1. The van der Waals surface area contributed by atoms with Crippen LogP contribution in [0.25, 0.3) is 0 Å². The Morgan fingerprint density at radius 1 is 1.24 bits per heavy atom. The van der Waals surface area contributed by atoms with Gasteiger partial charge in [0.25, 0.3) is 11.6 Å². The molecule has 0 fully saturated rings. The molecular weight excluding hydrogens is 342 g/mol. The van der Waals surface area contributed by atoms with Crippen LogP contribution in [0.15, 0.2) is 48.5 Å². The van der Waals surface area contributed by atoms with Crippen molar-refractivity contribution in [2.45, 2.75) is 13.3 Å². The number of hydrogen-bond acceptors (Lipinski definition) is 5. The average molecular weight is 359 g/mol. The third kappa shape index (κ3) is 5.25. The predicted molar refractivity (Wildman–Crippen MR) is 99.0 cm³/mol. The summed E-state index contributed by atoms with van der Waals surface area (Å²) in [6.07, 6.45) is 0.822. The molecule has 8 heteroatoms. The number of anilines is 1. The number of nitro groups is 1. The highest BCUT2D eigenvalue weighted by molar-refractivity contribution is 7.80. The van der Waals surface area contributed by atoms with Crippen LogP contribution >= 0.6 is 12.2 Å². The van der Waals surface area contributed by atoms with Crippen molar-refractivity contribution < 1.29 is 14.5 Å². The molecule has 0 saturated carbocycles. The molecule has 0 aromatic heterocycles. The molecule has 130 valence electrons. The van der Waals surface area contributed by atoms with Crippen molar-refractivity contribution in [1.82, 2.24) is 5.32 Å². The number of para-hydroxylation sites is 1. The van der Waals surface area contributed by atoms with Crippen LogP contribution in [0.1, 0.15) is 23.7 Å². The lowest BCUT2D eigenvalue weighted by atomic mass is 10.2. The van der Waals surface area contributed by atoms with E-state index in [-0.39, 0.29) is 10.8 Å². The van der Waals surface area contributed by atoms with Crippen LogP contribution in [-0.4, -0.2) is 22.5 Å². The minimum absolute atomic E-state index is 0.0378. The number of non-ortho nitro benzene ring substituents is 1. The molecule has 7 nitrogen and oxygen atoms in total. The van der Waals surface area contributed by atoms with Crippen molar-refractivity contribution in [3.05, 3.63) is 64.2 Å². The molecule has 0 atom stereocenters. The lowest BCUT2D eigenvalue weighted by Crippen LogP contribution is -2.34. The number of rotatable bonds is 6. The summed E-state index contributed by atoms with van der Waals surface area (Å²) >= 11 is 5.10. The molecule has 0 unspecified atom stereocenters. The molecule has 0 saturated heterocycles. The quantitative estimate of drug-likeness (QED) is 0.466. The summed E-state index contributed by atoms with van der Waals surface area (Å²) in [4.78, 5) is 22.7. The van der Waals surface area contributed by atoms with E-state index in [9.17, 15) is 14.9 Å². The Hall–Kier alpha value is -3.00. The second kappa shape index (κ2) is 8.74. The van der Waals surface area contributed by atoms with E-state index < -0.39 is 10.8 Å². The molecule has 2 N–H and O–H groups in total. The van der Waals surface area contributed by atoms with Gasteiger partial charge in [0.2, 0.25) is 0 Å². The standard InChI is InChI=1S/C17H17N3O4S/c1-2-10-24-15-9-4-3-8-14(15)16(21)19-17(25)18-12-6-5-7-13(11-12)20(22)23/h3-9,11H,2,10H2,1H3,(H2,18,19,21,25). The fourth-order valence-corrected chi connectivity index (χ4v) is 2.23. The summed E-state index contributed by atoms with van der Waals surface area (Å²) in [5.74, 6) is 0.0506. The molecule has 0 bridgehead atoms. The number of nitrogens with zero attached hydrogens (tertiary/aromatic N) is 1. The van der Waals surface area contributed by atoms with Crippen LogP contribution in [0.4, 0.5) is 11.4 Å². The molecule has 0 aliphatic heterocycles. The van der Waals surface area contributed by atoms with Gasteiger partial charge in [0.15, 0.2) is 5.11 Å². The van der Waals surface area contributed by atoms with Crippen molar-refractivity contribution in [1.29, 1.82) is 0 Å². The van der Waals surface area contributed by atoms with Crippen molar-refractivity contribution >= 4 is 34.6 Å². The number of carbonyl (C=O) groups is 1. The van der Waals surface area contributed by atoms with Gasteiger partial charge < -0.3 is 10.1 Å². The first-order valence-corrected chi connectivity index (χ1v) is 8.00. The summed E-state index contributed by atoms with van der Waals surface area (Å²) in [6.45, 7) is 2.47. The third-order valence-electron chi connectivity index (χ3n) is 3.14. The lowest BCUT2D eigenvalue weighted by Gasteiger charge is -2.12. The number of carbonyl (C=O) groups excluding carboxylic acids is 1. The summed E-state index contributed by atoms with van der Waals surface area (Å²) in [7, 11) is 0. The zero-order chi connectivity index (χ0) is 18.2. The van der Waals surface area contributed by atoms with Gasteiger partial charge in [-0.25, -0.2) is 0 Å². The van der Waals surface area contributed by atoms with E-state index in [0.29, 0.717) is 23.6 Å². The maximum atomic E-state index is 12.4. The Morgan fingerprint density at radius 2 is 2.00 bits per heavy atom. The maximum Gasteiger partial charge on any atom is 0.271 e. The van der Waals surface area contributed by atoms with Crippen molar-refractivity contribution in [3.63, 3.8) is 0 Å². The minimum atomic E-state index is -0.506. The first-order chi connectivity index (χ1) is 12.0. The van der Waals surface area contributed by atoms with Gasteiger partial charge in [0, 0.05) is 17.8 Å². The summed E-state index contributed by atoms with van der Waals surface area (Å²) in [5, 5.41) is 16.1. The number of ether oxygens (including phenoxy) is 1. The SMILES string of the molecule is CCCOc1ccccc1C(=O)NC(=S)Nc1cccc([N+](=O)[O-])c1. The lowest BCUT2D eigenvalue weighted by molar-refractivity contribution is -0.384. The normalized spacial score (nSPS) is 9.96. The van der Waals surface area contributed by atoms with E-state index in [1.165, 1.54) is 18.2 Å². The topological polar surface area (TPSA) is 93.5 Å². The molecule has 0 aliphatic carbocycles. The van der Waals surface area contributed by atoms with Crippen molar-refractivity contribution in [2.24, 2.45) is 0 Å². The Labute approximate surface area is 150 Å². The Balaban J connectivity index is 2.04. The first-order valence-electron chi connectivity index (χ1n) is 7.60. The number of thiocarbonyl (C=S) groups is 1. The largest absolute Gasteiger partial charge is 0.493 e. The molecule has 2 aromatic rings. The van der Waals surface area contributed by atoms with Crippen LogP contribution < -0.4 is 15.4 Å². The van der Waals surface area contributed by atoms with Crippen LogP contribution in [0, 0.1) is 10.1 Å². The van der Waals surface area contributed by atoms with Crippen molar-refractivity contribution in [3.8, 4) is 5.75 Å². The first kappa shape index (κ1) is 18.3. The average Bonchev–Trinajstić information content (AvgIpc) is 2.60. The third-order valence-corrected chi connectivity index (χ3v) is 3.34. The van der Waals surface area contributed by atoms with E-state index in [2.05, 4.69) is 10.6 Å². The van der Waals surface area contributed by atoms with E-state index >= 15 is 0 Å². The van der Waals surface area contributed by atoms with E-state index in [1.807, 2.05) is 6.92 Å². The molecule has 0 radical (unpaired) electrons. The zero-order valence-corrected chi connectivity index (χ0v) is 14.3. The van der Waals surface area contributed by atoms with E-state index in [4.69, 9.17) is 17.0 Å². The number of benzene rings is 2. The summed E-state index contributed by atoms with van der Waals surface area (Å²) in [6, 6.07) is 12.7. The van der Waals surface area contributed by atoms with Crippen LogP contribution in [0.2, 0.25) is 0 Å². The molecule has 0 spiro atoms. The molecular formula is C17H17N3O4S. The fraction of sp³-hybridized carbons (Fsp3) is 0.176. The Kier molecular flexibility index (Phi) is 6.41. The van der Waals surface area contributed by atoms with Crippen LogP contribution in [0.5, 0.6) is 5.75 Å². The molecule has 1 amide bonds. The van der Waals surface area contributed by atoms with Crippen LogP contribution in [0.3, 0.4) is 0 Å². The highest BCUT2D eigenvalue weighted by Gasteiger charge is 2.14. The van der Waals surface area contributed by atoms with Gasteiger partial charge in [-0.05, 0) is 36.8 Å². The van der Waals surface area contributed by atoms with Crippen LogP contribution in [-0.2, 0) is 0 Å². The number of nitrogens with one attached hydrogen (secondary N) is 2. The van der Waals surface area contributed by atoms with Gasteiger partial charge >= 0.3 is 0 Å². The van der Waals surface area contributed by atoms with Gasteiger partial charge in [-0.15, -0.1) is 0 Å². The number of hydrogen-bond donors (Lipinski definition) is 2. The molecule has 0 aliphatic rings. The van der Waals surface area contributed by atoms with Gasteiger partial charge in [-0.2, -0.15) is 0 Å². The summed E-state index contributed by atoms with van der Waals surface area (Å²) < 4.78 is 5.55. The van der Waals surface area contributed by atoms with Crippen molar-refractivity contribution in [2.75, 3.05) is 11.9 Å². The van der Waals surface area contributed by atoms with Gasteiger partial charge in [-0.1, -0.05) is 25.1 Å². The molecule has 2 rings (SSSR count). The molecule has 0 heterocycles. The highest BCUT2D eigenvalue weighted by Crippen LogP contribution is 2.19. The smallest absolute Gasteiger partial charge is 0.271 e. The van der Waals surface area contributed by atoms with Gasteiger partial charge in [0.05, 0.1) is 17.1 Å². The Morgan fingerprint density at radius 3 is 2.72 bits per heavy atom. The zero-order valence-electron chi connectivity index (χ0n) is 13.5. The minimum Gasteiger partial charge on any atom is -0.493 e. The second-order valence-electron chi connectivity index (χ2n) is 5.06. The van der Waals surface area contributed by atoms with E-state index in [0.717, 1.165) is 6.42 Å². The molecule has 25 heavy (non-hydrogen) atoms. The summed E-state index contributed by atoms with van der Waals surface area (Å²) in [5.41, 5.74) is 0.701. The molecule has 2 aromatic carbocycles. The Bertz CT molecular complexity index is 795. The number of amides is 1. The van der Waals surface area contributed by atoms with E-state index in [1.54, 1.807) is 30.3 Å². The fourth-order valence-electron chi connectivity index (χ4n) is 2.02.